The fourth-order valence-corrected chi connectivity index (χ4v) is 4.56. The molecule has 0 bridgehead atoms. The van der Waals surface area contributed by atoms with Gasteiger partial charge in [-0.3, -0.25) is 4.79 Å². The molecule has 182 valence electrons. The number of carbonyl (C=O) groups excluding carboxylic acids is 1. The van der Waals surface area contributed by atoms with Gasteiger partial charge in [0.05, 0.1) is 6.61 Å². The molecule has 0 N–H and O–H groups in total. The van der Waals surface area contributed by atoms with E-state index in [0.717, 1.165) is 24.5 Å². The standard InChI is InChI=1S/C23H28F3NO5S/c1-15-4-6-18(7-5-15)31-14-17-10-11-27(13-17)22(28)20-12-19(33(3,29)30)8-9-21(20)32-16(2)23(24,25)26/h4-9,16-17,20H,10-14H2,1-3H3. The zero-order valence-electron chi connectivity index (χ0n) is 18.8. The van der Waals surface area contributed by atoms with E-state index >= 15 is 0 Å². The molecule has 3 unspecified atom stereocenters. The van der Waals surface area contributed by atoms with Crippen LogP contribution in [0.25, 0.3) is 0 Å². The number of ether oxygens (including phenoxy) is 2. The van der Waals surface area contributed by atoms with Gasteiger partial charge in [0.15, 0.2) is 15.9 Å². The summed E-state index contributed by atoms with van der Waals surface area (Å²) in [5.74, 6) is -0.952. The molecule has 2 aliphatic rings. The molecule has 10 heteroatoms. The molecule has 3 atom stereocenters. The van der Waals surface area contributed by atoms with Gasteiger partial charge in [0.1, 0.15) is 17.4 Å². The molecule has 1 fully saturated rings. The van der Waals surface area contributed by atoms with Crippen LogP contribution in [-0.2, 0) is 19.4 Å². The van der Waals surface area contributed by atoms with E-state index in [1.165, 1.54) is 12.2 Å². The number of aryl methyl sites for hydroxylation is 1. The predicted molar refractivity (Wildman–Crippen MR) is 117 cm³/mol. The van der Waals surface area contributed by atoms with E-state index in [1.807, 2.05) is 31.2 Å². The first-order valence-corrected chi connectivity index (χ1v) is 12.6. The van der Waals surface area contributed by atoms with Crippen LogP contribution in [0.1, 0.15) is 25.3 Å². The predicted octanol–water partition coefficient (Wildman–Crippen LogP) is 4.02. The Bertz CT molecular complexity index is 1030. The Hall–Kier alpha value is -2.49. The van der Waals surface area contributed by atoms with Crippen molar-refractivity contribution >= 4 is 15.7 Å². The van der Waals surface area contributed by atoms with Crippen LogP contribution in [-0.4, -0.2) is 57.5 Å². The molecule has 6 nitrogen and oxygen atoms in total. The molecule has 0 radical (unpaired) electrons. The zero-order valence-corrected chi connectivity index (χ0v) is 19.6. The highest BCUT2D eigenvalue weighted by atomic mass is 32.2. The Morgan fingerprint density at radius 3 is 2.48 bits per heavy atom. The summed E-state index contributed by atoms with van der Waals surface area (Å²) < 4.78 is 73.9. The lowest BCUT2D eigenvalue weighted by atomic mass is 9.96. The average Bonchev–Trinajstić information content (AvgIpc) is 3.20. The van der Waals surface area contributed by atoms with Gasteiger partial charge in [0, 0.05) is 36.6 Å². The van der Waals surface area contributed by atoms with Crippen molar-refractivity contribution < 1.29 is 35.9 Å². The molecule has 0 saturated carbocycles. The number of hydrogen-bond acceptors (Lipinski definition) is 5. The number of rotatable bonds is 7. The van der Waals surface area contributed by atoms with E-state index in [0.29, 0.717) is 26.1 Å². The minimum atomic E-state index is -4.61. The third-order valence-corrected chi connectivity index (χ3v) is 7.09. The second kappa shape index (κ2) is 9.79. The number of benzene rings is 1. The van der Waals surface area contributed by atoms with E-state index < -0.39 is 33.9 Å². The van der Waals surface area contributed by atoms with E-state index in [2.05, 4.69) is 0 Å². The molecule has 1 aliphatic heterocycles. The van der Waals surface area contributed by atoms with Gasteiger partial charge < -0.3 is 14.4 Å². The van der Waals surface area contributed by atoms with Gasteiger partial charge in [-0.05, 0) is 44.6 Å². The number of allylic oxidation sites excluding steroid dienone is 3. The summed E-state index contributed by atoms with van der Waals surface area (Å²) in [6.07, 6.45) is -2.90. The molecule has 0 spiro atoms. The zero-order chi connectivity index (χ0) is 24.4. The second-order valence-electron chi connectivity index (χ2n) is 8.60. The Labute approximate surface area is 192 Å². The third kappa shape index (κ3) is 6.52. The van der Waals surface area contributed by atoms with Gasteiger partial charge >= 0.3 is 6.18 Å². The van der Waals surface area contributed by atoms with Crippen molar-refractivity contribution in [2.75, 3.05) is 26.0 Å². The van der Waals surface area contributed by atoms with Crippen molar-refractivity contribution in [3.63, 3.8) is 0 Å². The van der Waals surface area contributed by atoms with Crippen LogP contribution in [0.5, 0.6) is 5.75 Å². The summed E-state index contributed by atoms with van der Waals surface area (Å²) >= 11 is 0. The Morgan fingerprint density at radius 1 is 1.21 bits per heavy atom. The van der Waals surface area contributed by atoms with Crippen molar-refractivity contribution in [1.82, 2.24) is 4.90 Å². The van der Waals surface area contributed by atoms with Crippen LogP contribution in [0.2, 0.25) is 0 Å². The van der Waals surface area contributed by atoms with E-state index in [4.69, 9.17) is 9.47 Å². The first-order valence-electron chi connectivity index (χ1n) is 10.7. The summed E-state index contributed by atoms with van der Waals surface area (Å²) in [7, 11) is -3.60. The molecule has 3 rings (SSSR count). The highest BCUT2D eigenvalue weighted by molar-refractivity contribution is 7.94. The smallest absolute Gasteiger partial charge is 0.425 e. The fraction of sp³-hybridized carbons (Fsp3) is 0.522. The molecule has 1 aromatic carbocycles. The lowest BCUT2D eigenvalue weighted by molar-refractivity contribution is -0.206. The van der Waals surface area contributed by atoms with Crippen molar-refractivity contribution in [1.29, 1.82) is 0 Å². The molecule has 1 saturated heterocycles. The lowest BCUT2D eigenvalue weighted by Gasteiger charge is -2.30. The van der Waals surface area contributed by atoms with Crippen LogP contribution in [0, 0.1) is 18.8 Å². The van der Waals surface area contributed by atoms with Gasteiger partial charge in [0.2, 0.25) is 5.91 Å². The van der Waals surface area contributed by atoms with Crippen molar-refractivity contribution in [2.45, 2.75) is 39.0 Å². The van der Waals surface area contributed by atoms with E-state index in [-0.39, 0.29) is 23.0 Å². The maximum absolute atomic E-state index is 13.2. The Kier molecular flexibility index (Phi) is 7.45. The van der Waals surface area contributed by atoms with Crippen molar-refractivity contribution in [3.8, 4) is 5.75 Å². The quantitative estimate of drug-likeness (QED) is 0.581. The number of sulfone groups is 1. The largest absolute Gasteiger partial charge is 0.493 e. The molecule has 1 aromatic rings. The highest BCUT2D eigenvalue weighted by Crippen LogP contribution is 2.35. The van der Waals surface area contributed by atoms with Crippen molar-refractivity contribution in [3.05, 3.63) is 52.6 Å². The molecule has 1 heterocycles. The molecular weight excluding hydrogens is 459 g/mol. The van der Waals surface area contributed by atoms with Crippen LogP contribution < -0.4 is 4.74 Å². The number of halogens is 3. The monoisotopic (exact) mass is 487 g/mol. The molecule has 1 aliphatic carbocycles. The maximum Gasteiger partial charge on any atom is 0.425 e. The van der Waals surface area contributed by atoms with Gasteiger partial charge in [0.25, 0.3) is 0 Å². The summed E-state index contributed by atoms with van der Waals surface area (Å²) in [5.41, 5.74) is 1.11. The highest BCUT2D eigenvalue weighted by Gasteiger charge is 2.42. The summed E-state index contributed by atoms with van der Waals surface area (Å²) in [4.78, 5) is 14.8. The molecule has 1 amide bonds. The lowest BCUT2D eigenvalue weighted by Crippen LogP contribution is -2.39. The second-order valence-corrected chi connectivity index (χ2v) is 10.7. The normalized spacial score (nSPS) is 22.4. The number of nitrogens with zero attached hydrogens (tertiary/aromatic N) is 1. The van der Waals surface area contributed by atoms with Gasteiger partial charge in [-0.1, -0.05) is 17.7 Å². The number of alkyl halides is 3. The van der Waals surface area contributed by atoms with Gasteiger partial charge in [-0.2, -0.15) is 13.2 Å². The molecule has 0 aromatic heterocycles. The topological polar surface area (TPSA) is 72.9 Å². The van der Waals surface area contributed by atoms with Gasteiger partial charge in [-0.25, -0.2) is 8.42 Å². The fourth-order valence-electron chi connectivity index (χ4n) is 3.78. The summed E-state index contributed by atoms with van der Waals surface area (Å²) in [5, 5.41) is 0. The Balaban J connectivity index is 1.68. The van der Waals surface area contributed by atoms with Crippen LogP contribution in [0.4, 0.5) is 13.2 Å². The first-order chi connectivity index (χ1) is 15.3. The number of amides is 1. The molecular formula is C23H28F3NO5S. The number of hydrogen-bond donors (Lipinski definition) is 0. The summed E-state index contributed by atoms with van der Waals surface area (Å²) in [6.45, 7) is 4.02. The third-order valence-electron chi connectivity index (χ3n) is 5.83. The number of likely N-dealkylation sites (tertiary alicyclic amines) is 1. The van der Waals surface area contributed by atoms with Crippen LogP contribution in [0.15, 0.2) is 47.1 Å². The van der Waals surface area contributed by atoms with E-state index in [9.17, 15) is 26.4 Å². The minimum Gasteiger partial charge on any atom is -0.493 e. The van der Waals surface area contributed by atoms with Gasteiger partial charge in [-0.15, -0.1) is 0 Å². The maximum atomic E-state index is 13.2. The van der Waals surface area contributed by atoms with Crippen molar-refractivity contribution in [2.24, 2.45) is 11.8 Å². The van der Waals surface area contributed by atoms with E-state index in [1.54, 1.807) is 4.90 Å². The SMILES string of the molecule is Cc1ccc(OCC2CCN(C(=O)C3CC(S(C)(=O)=O)=CC=C3OC(C)C(F)(F)F)C2)cc1. The average molecular weight is 488 g/mol. The molecule has 33 heavy (non-hydrogen) atoms. The first kappa shape index (κ1) is 25.1. The van der Waals surface area contributed by atoms with Crippen LogP contribution in [0.3, 0.4) is 0 Å². The summed E-state index contributed by atoms with van der Waals surface area (Å²) in [6, 6.07) is 7.60. The Morgan fingerprint density at radius 2 is 1.88 bits per heavy atom. The number of carbonyl (C=O) groups is 1. The minimum absolute atomic E-state index is 0.00804. The van der Waals surface area contributed by atoms with Crippen LogP contribution >= 0.6 is 0 Å².